The molecular weight excluding hydrogens is 359 g/mol. The first kappa shape index (κ1) is 20.0. The van der Waals surface area contributed by atoms with Gasteiger partial charge >= 0.3 is 0 Å². The number of benzene rings is 2. The molecule has 0 heterocycles. The molecule has 1 amide bonds. The minimum Gasteiger partial charge on any atom is -0.496 e. The first-order chi connectivity index (χ1) is 12.4. The molecule has 5 nitrogen and oxygen atoms in total. The fourth-order valence-corrected chi connectivity index (χ4v) is 2.73. The molecule has 2 aromatic rings. The molecule has 0 saturated heterocycles. The lowest BCUT2D eigenvalue weighted by Crippen LogP contribution is -2.37. The first-order valence-corrected chi connectivity index (χ1v) is 8.44. The van der Waals surface area contributed by atoms with Gasteiger partial charge in [-0.15, -0.1) is 0 Å². The number of hydrogen-bond acceptors (Lipinski definition) is 4. The van der Waals surface area contributed by atoms with Gasteiger partial charge in [-0.2, -0.15) is 0 Å². The highest BCUT2D eigenvalue weighted by Gasteiger charge is 2.19. The highest BCUT2D eigenvalue weighted by atomic mass is 35.5. The van der Waals surface area contributed by atoms with Crippen LogP contribution >= 0.6 is 11.6 Å². The van der Waals surface area contributed by atoms with Crippen LogP contribution in [0.2, 0.25) is 5.02 Å². The molecule has 2 rings (SSSR count). The molecule has 0 aromatic heterocycles. The number of methoxy groups -OCH3 is 1. The molecule has 0 spiro atoms. The van der Waals surface area contributed by atoms with Crippen LogP contribution in [0.3, 0.4) is 0 Å². The lowest BCUT2D eigenvalue weighted by atomic mass is 10.0. The Hall–Kier alpha value is -2.31. The van der Waals surface area contributed by atoms with Crippen molar-refractivity contribution >= 4 is 17.5 Å². The second kappa shape index (κ2) is 9.40. The van der Waals surface area contributed by atoms with Crippen molar-refractivity contribution in [2.45, 2.75) is 6.04 Å². The lowest BCUT2D eigenvalue weighted by molar-refractivity contribution is -0.123. The zero-order valence-corrected chi connectivity index (χ0v) is 15.7. The quantitative estimate of drug-likeness (QED) is 0.763. The number of carbonyl (C=O) groups excluding carboxylic acids is 1. The van der Waals surface area contributed by atoms with Gasteiger partial charge in [0, 0.05) is 12.1 Å². The Morgan fingerprint density at radius 2 is 1.96 bits per heavy atom. The van der Waals surface area contributed by atoms with E-state index in [-0.39, 0.29) is 29.3 Å². The van der Waals surface area contributed by atoms with Gasteiger partial charge in [-0.1, -0.05) is 29.8 Å². The summed E-state index contributed by atoms with van der Waals surface area (Å²) >= 11 is 5.88. The number of nitrogens with one attached hydrogen (secondary N) is 1. The van der Waals surface area contributed by atoms with Crippen molar-refractivity contribution in [1.82, 2.24) is 10.2 Å². The summed E-state index contributed by atoms with van der Waals surface area (Å²) in [7, 11) is 5.47. The van der Waals surface area contributed by atoms with E-state index in [1.807, 2.05) is 43.3 Å². The molecule has 0 radical (unpaired) electrons. The van der Waals surface area contributed by atoms with Gasteiger partial charge in [0.1, 0.15) is 17.3 Å². The number of nitrogens with zero attached hydrogens (tertiary/aromatic N) is 1. The molecule has 0 bridgehead atoms. The van der Waals surface area contributed by atoms with E-state index < -0.39 is 5.82 Å². The molecule has 0 aliphatic rings. The lowest BCUT2D eigenvalue weighted by Gasteiger charge is -2.26. The molecule has 140 valence electrons. The fourth-order valence-electron chi connectivity index (χ4n) is 2.51. The monoisotopic (exact) mass is 380 g/mol. The van der Waals surface area contributed by atoms with Gasteiger partial charge < -0.3 is 19.7 Å². The summed E-state index contributed by atoms with van der Waals surface area (Å²) in [6.07, 6.45) is 0. The Bertz CT molecular complexity index is 755. The van der Waals surface area contributed by atoms with Crippen LogP contribution in [0, 0.1) is 5.82 Å². The zero-order chi connectivity index (χ0) is 19.1. The van der Waals surface area contributed by atoms with Crippen LogP contribution in [0.5, 0.6) is 11.5 Å². The predicted octanol–water partition coefficient (Wildman–Crippen LogP) is 3.29. The largest absolute Gasteiger partial charge is 0.496 e. The third-order valence-electron chi connectivity index (χ3n) is 3.87. The number of halogens is 2. The molecule has 26 heavy (non-hydrogen) atoms. The Morgan fingerprint density at radius 1 is 1.23 bits per heavy atom. The number of amides is 1. The Kier molecular flexibility index (Phi) is 7.24. The summed E-state index contributed by atoms with van der Waals surface area (Å²) in [4.78, 5) is 14.1. The summed E-state index contributed by atoms with van der Waals surface area (Å²) in [6.45, 7) is 0.171. The van der Waals surface area contributed by atoms with E-state index in [1.54, 1.807) is 7.11 Å². The van der Waals surface area contributed by atoms with E-state index in [0.29, 0.717) is 6.54 Å². The normalized spacial score (nSPS) is 11.9. The second-order valence-electron chi connectivity index (χ2n) is 5.89. The van der Waals surface area contributed by atoms with Crippen molar-refractivity contribution in [2.75, 3.05) is 34.4 Å². The SMILES string of the molecule is COc1ccccc1C(CNC(=O)COc1ccc(F)cc1Cl)N(C)C. The molecule has 0 saturated carbocycles. The van der Waals surface area contributed by atoms with Crippen LogP contribution in [0.15, 0.2) is 42.5 Å². The minimum atomic E-state index is -0.461. The predicted molar refractivity (Wildman–Crippen MR) is 99.3 cm³/mol. The molecule has 2 aromatic carbocycles. The number of carbonyl (C=O) groups is 1. The van der Waals surface area contributed by atoms with Crippen LogP contribution in [-0.4, -0.2) is 45.2 Å². The van der Waals surface area contributed by atoms with Gasteiger partial charge in [0.2, 0.25) is 0 Å². The van der Waals surface area contributed by atoms with Crippen LogP contribution < -0.4 is 14.8 Å². The van der Waals surface area contributed by atoms with Crippen molar-refractivity contribution < 1.29 is 18.7 Å². The van der Waals surface area contributed by atoms with Crippen LogP contribution in [0.1, 0.15) is 11.6 Å². The van der Waals surface area contributed by atoms with Crippen LogP contribution in [0.25, 0.3) is 0 Å². The molecule has 0 aliphatic carbocycles. The number of para-hydroxylation sites is 1. The zero-order valence-electron chi connectivity index (χ0n) is 15.0. The summed E-state index contributed by atoms with van der Waals surface area (Å²) < 4.78 is 23.8. The van der Waals surface area contributed by atoms with Crippen LogP contribution in [0.4, 0.5) is 4.39 Å². The molecule has 0 fully saturated rings. The summed E-state index contributed by atoms with van der Waals surface area (Å²) in [5.41, 5.74) is 0.975. The molecular formula is C19H22ClFN2O3. The van der Waals surface area contributed by atoms with E-state index in [1.165, 1.54) is 12.1 Å². The molecule has 1 N–H and O–H groups in total. The maximum atomic E-state index is 13.0. The highest BCUT2D eigenvalue weighted by molar-refractivity contribution is 6.32. The van der Waals surface area contributed by atoms with E-state index in [2.05, 4.69) is 5.32 Å². The number of rotatable bonds is 8. The number of likely N-dealkylation sites (N-methyl/N-ethyl adjacent to an activating group) is 1. The maximum Gasteiger partial charge on any atom is 0.258 e. The minimum absolute atomic E-state index is 0.0653. The van der Waals surface area contributed by atoms with Gasteiger partial charge in [0.15, 0.2) is 6.61 Å². The van der Waals surface area contributed by atoms with Gasteiger partial charge in [0.05, 0.1) is 18.2 Å². The van der Waals surface area contributed by atoms with Crippen molar-refractivity contribution in [3.8, 4) is 11.5 Å². The highest BCUT2D eigenvalue weighted by Crippen LogP contribution is 2.27. The molecule has 7 heteroatoms. The average Bonchev–Trinajstić information content (AvgIpc) is 2.61. The maximum absolute atomic E-state index is 13.0. The fraction of sp³-hybridized carbons (Fsp3) is 0.316. The van der Waals surface area contributed by atoms with Gasteiger partial charge in [-0.05, 0) is 38.4 Å². The third kappa shape index (κ3) is 5.34. The number of ether oxygens (including phenoxy) is 2. The third-order valence-corrected chi connectivity index (χ3v) is 4.16. The van der Waals surface area contributed by atoms with E-state index >= 15 is 0 Å². The van der Waals surface area contributed by atoms with Gasteiger partial charge in [-0.25, -0.2) is 4.39 Å². The van der Waals surface area contributed by atoms with Crippen molar-refractivity contribution in [1.29, 1.82) is 0 Å². The van der Waals surface area contributed by atoms with Crippen molar-refractivity contribution in [3.05, 3.63) is 58.9 Å². The summed E-state index contributed by atoms with van der Waals surface area (Å²) in [5, 5.41) is 2.96. The molecule has 1 unspecified atom stereocenters. The van der Waals surface area contributed by atoms with Gasteiger partial charge in [-0.3, -0.25) is 4.79 Å². The smallest absolute Gasteiger partial charge is 0.258 e. The Labute approximate surface area is 157 Å². The standard InChI is InChI=1S/C19H22ClFN2O3/c1-23(2)16(14-6-4-5-7-17(14)25-3)11-22-19(24)12-26-18-9-8-13(21)10-15(18)20/h4-10,16H,11-12H2,1-3H3,(H,22,24). The van der Waals surface area contributed by atoms with Crippen molar-refractivity contribution in [3.63, 3.8) is 0 Å². The Morgan fingerprint density at radius 3 is 2.62 bits per heavy atom. The summed E-state index contributed by atoms with van der Waals surface area (Å²) in [5.74, 6) is 0.261. The second-order valence-corrected chi connectivity index (χ2v) is 6.30. The average molecular weight is 381 g/mol. The van der Waals surface area contributed by atoms with Crippen LogP contribution in [-0.2, 0) is 4.79 Å². The summed E-state index contributed by atoms with van der Waals surface area (Å²) in [6, 6.07) is 11.4. The van der Waals surface area contributed by atoms with E-state index in [0.717, 1.165) is 17.4 Å². The number of hydrogen-bond donors (Lipinski definition) is 1. The van der Waals surface area contributed by atoms with Crippen molar-refractivity contribution in [2.24, 2.45) is 0 Å². The van der Waals surface area contributed by atoms with Gasteiger partial charge in [0.25, 0.3) is 5.91 Å². The molecule has 1 atom stereocenters. The van der Waals surface area contributed by atoms with E-state index in [4.69, 9.17) is 21.1 Å². The topological polar surface area (TPSA) is 50.8 Å². The molecule has 0 aliphatic heterocycles. The first-order valence-electron chi connectivity index (χ1n) is 8.06. The Balaban J connectivity index is 1.95. The van der Waals surface area contributed by atoms with E-state index in [9.17, 15) is 9.18 Å².